The molecule has 78 valence electrons. The van der Waals surface area contributed by atoms with E-state index in [1.807, 2.05) is 0 Å². The Morgan fingerprint density at radius 2 is 2.27 bits per heavy atom. The zero-order chi connectivity index (χ0) is 10.5. The fourth-order valence-electron chi connectivity index (χ4n) is 0.953. The maximum absolute atomic E-state index is 7.95. The molecule has 2 heterocycles. The first-order chi connectivity index (χ1) is 7.40. The van der Waals surface area contributed by atoms with Crippen LogP contribution in [0.1, 0.15) is 0 Å². The maximum Gasteiger partial charge on any atom is 0.174 e. The van der Waals surface area contributed by atoms with Gasteiger partial charge in [-0.2, -0.15) is 5.10 Å². The van der Waals surface area contributed by atoms with Crippen LogP contribution in [-0.4, -0.2) is 25.4 Å². The Hall–Kier alpha value is -1.48. The molecule has 0 saturated carbocycles. The largest absolute Gasteiger partial charge is 0.258 e. The average molecular weight is 226 g/mol. The molecule has 0 aromatic carbocycles. The summed E-state index contributed by atoms with van der Waals surface area (Å²) in [5, 5.41) is 17.8. The molecule has 7 nitrogen and oxygen atoms in total. The number of nitrogens with zero attached hydrogens (tertiary/aromatic N) is 3. The van der Waals surface area contributed by atoms with Crippen molar-refractivity contribution in [3.05, 3.63) is 24.7 Å². The van der Waals surface area contributed by atoms with Gasteiger partial charge in [0.15, 0.2) is 5.82 Å². The lowest BCUT2D eigenvalue weighted by Gasteiger charge is -1.98. The third-order valence-electron chi connectivity index (χ3n) is 1.55. The second-order valence-corrected chi connectivity index (χ2v) is 3.21. The van der Waals surface area contributed by atoms with Gasteiger partial charge in [-0.3, -0.25) is 10.1 Å². The summed E-state index contributed by atoms with van der Waals surface area (Å²) >= 11 is 0.845. The van der Waals surface area contributed by atoms with Crippen molar-refractivity contribution < 1.29 is 14.6 Å². The van der Waals surface area contributed by atoms with Crippen LogP contribution in [0.5, 0.6) is 0 Å². The van der Waals surface area contributed by atoms with Gasteiger partial charge >= 0.3 is 0 Å². The fourth-order valence-corrected chi connectivity index (χ4v) is 1.28. The molecule has 0 aliphatic carbocycles. The number of hydrogen-bond donors (Lipinski definition) is 2. The summed E-state index contributed by atoms with van der Waals surface area (Å²) in [5.41, 5.74) is 0.668. The van der Waals surface area contributed by atoms with Crippen LogP contribution in [0.3, 0.4) is 0 Å². The highest BCUT2D eigenvalue weighted by molar-refractivity contribution is 7.94. The third-order valence-corrected chi connectivity index (χ3v) is 2.12. The Morgan fingerprint density at radius 1 is 1.33 bits per heavy atom. The van der Waals surface area contributed by atoms with Crippen LogP contribution in [0.15, 0.2) is 29.6 Å². The molecular formula is C7H6N4O3S. The van der Waals surface area contributed by atoms with E-state index in [2.05, 4.69) is 29.5 Å². The number of H-pyrrole nitrogens is 1. The molecule has 0 unspecified atom stereocenters. The summed E-state index contributed by atoms with van der Waals surface area (Å²) < 4.78 is 4.25. The predicted octanol–water partition coefficient (Wildman–Crippen LogP) is 1.29. The minimum absolute atomic E-state index is 0.589. The van der Waals surface area contributed by atoms with Gasteiger partial charge in [-0.25, -0.2) is 10.2 Å². The highest BCUT2D eigenvalue weighted by atomic mass is 32.2. The van der Waals surface area contributed by atoms with Crippen LogP contribution in [-0.2, 0) is 9.37 Å². The quantitative estimate of drug-likeness (QED) is 0.461. The van der Waals surface area contributed by atoms with Gasteiger partial charge in [0, 0.05) is 6.20 Å². The van der Waals surface area contributed by atoms with Gasteiger partial charge in [0.2, 0.25) is 0 Å². The van der Waals surface area contributed by atoms with E-state index in [1.54, 1.807) is 18.3 Å². The molecule has 15 heavy (non-hydrogen) atoms. The first-order valence-corrected chi connectivity index (χ1v) is 4.61. The molecule has 0 aliphatic rings. The predicted molar refractivity (Wildman–Crippen MR) is 50.3 cm³/mol. The number of aromatic amines is 1. The standard InChI is InChI=1S/C7H6N4O3S/c12-13-14-15-5-1-2-6(8-3-5)7-9-4-10-11-7/h1-4,12H,(H,9,10,11). The Labute approximate surface area is 88.5 Å². The maximum atomic E-state index is 7.95. The third kappa shape index (κ3) is 2.50. The van der Waals surface area contributed by atoms with Crippen molar-refractivity contribution in [1.82, 2.24) is 20.2 Å². The molecule has 0 fully saturated rings. The van der Waals surface area contributed by atoms with E-state index in [1.165, 1.54) is 6.33 Å². The molecule has 0 spiro atoms. The molecule has 2 rings (SSSR count). The number of rotatable bonds is 4. The van der Waals surface area contributed by atoms with Gasteiger partial charge in [0.05, 0.1) is 16.9 Å². The lowest BCUT2D eigenvalue weighted by atomic mass is 10.3. The second kappa shape index (κ2) is 4.84. The molecule has 0 saturated heterocycles. The summed E-state index contributed by atoms with van der Waals surface area (Å²) in [5.74, 6) is 0.589. The minimum atomic E-state index is 0.589. The van der Waals surface area contributed by atoms with Gasteiger partial charge in [0.1, 0.15) is 12.0 Å². The fraction of sp³-hybridized carbons (Fsp3) is 0. The Kier molecular flexibility index (Phi) is 3.25. The SMILES string of the molecule is OOOSc1ccc(-c2ncn[nH]2)nc1. The van der Waals surface area contributed by atoms with Crippen LogP contribution in [0.25, 0.3) is 11.5 Å². The van der Waals surface area contributed by atoms with Crippen molar-refractivity contribution in [3.63, 3.8) is 0 Å². The van der Waals surface area contributed by atoms with E-state index in [0.717, 1.165) is 12.0 Å². The average Bonchev–Trinajstić information content (AvgIpc) is 2.80. The molecule has 0 amide bonds. The van der Waals surface area contributed by atoms with E-state index < -0.39 is 0 Å². The van der Waals surface area contributed by atoms with Crippen LogP contribution < -0.4 is 0 Å². The number of nitrogens with one attached hydrogen (secondary N) is 1. The molecule has 8 heteroatoms. The molecule has 0 aliphatic heterocycles. The van der Waals surface area contributed by atoms with Crippen LogP contribution >= 0.6 is 12.0 Å². The van der Waals surface area contributed by atoms with Gasteiger partial charge in [-0.15, -0.1) is 4.33 Å². The van der Waals surface area contributed by atoms with Gasteiger partial charge in [-0.05, 0) is 12.1 Å². The summed E-state index contributed by atoms with van der Waals surface area (Å²) in [6.07, 6.45) is 2.96. The van der Waals surface area contributed by atoms with Gasteiger partial charge in [-0.1, -0.05) is 5.04 Å². The Bertz CT molecular complexity index is 405. The molecule has 0 bridgehead atoms. The highest BCUT2D eigenvalue weighted by Gasteiger charge is 2.02. The normalized spacial score (nSPS) is 10.5. The van der Waals surface area contributed by atoms with Crippen molar-refractivity contribution in [2.24, 2.45) is 0 Å². The van der Waals surface area contributed by atoms with Crippen LogP contribution in [0.4, 0.5) is 0 Å². The minimum Gasteiger partial charge on any atom is -0.258 e. The van der Waals surface area contributed by atoms with Crippen molar-refractivity contribution in [2.75, 3.05) is 0 Å². The molecule has 0 atom stereocenters. The topological polar surface area (TPSA) is 93.1 Å². The van der Waals surface area contributed by atoms with Crippen LogP contribution in [0, 0.1) is 0 Å². The zero-order valence-electron chi connectivity index (χ0n) is 7.32. The lowest BCUT2D eigenvalue weighted by Crippen LogP contribution is -1.86. The van der Waals surface area contributed by atoms with E-state index in [9.17, 15) is 0 Å². The summed E-state index contributed by atoms with van der Waals surface area (Å²) in [6.45, 7) is 0. The van der Waals surface area contributed by atoms with E-state index >= 15 is 0 Å². The van der Waals surface area contributed by atoms with E-state index in [-0.39, 0.29) is 0 Å². The monoisotopic (exact) mass is 226 g/mol. The molecule has 2 aromatic rings. The number of hydrogen-bond acceptors (Lipinski definition) is 7. The smallest absolute Gasteiger partial charge is 0.174 e. The summed E-state index contributed by atoms with van der Waals surface area (Å²) in [7, 11) is 0. The van der Waals surface area contributed by atoms with Crippen molar-refractivity contribution in [1.29, 1.82) is 0 Å². The number of aromatic nitrogens is 4. The highest BCUT2D eigenvalue weighted by Crippen LogP contribution is 2.20. The zero-order valence-corrected chi connectivity index (χ0v) is 8.14. The van der Waals surface area contributed by atoms with Gasteiger partial charge in [0.25, 0.3) is 0 Å². The molecule has 0 radical (unpaired) electrons. The van der Waals surface area contributed by atoms with Crippen LogP contribution in [0.2, 0.25) is 0 Å². The summed E-state index contributed by atoms with van der Waals surface area (Å²) in [6, 6.07) is 3.48. The van der Waals surface area contributed by atoms with E-state index in [4.69, 9.17) is 5.26 Å². The first-order valence-electron chi connectivity index (χ1n) is 3.86. The molecular weight excluding hydrogens is 220 g/mol. The van der Waals surface area contributed by atoms with Crippen molar-refractivity contribution in [2.45, 2.75) is 4.90 Å². The summed E-state index contributed by atoms with van der Waals surface area (Å²) in [4.78, 5) is 8.74. The molecule has 2 aromatic heterocycles. The molecule has 2 N–H and O–H groups in total. The number of pyridine rings is 1. The first kappa shape index (κ1) is 10.1. The van der Waals surface area contributed by atoms with Gasteiger partial charge < -0.3 is 0 Å². The van der Waals surface area contributed by atoms with Crippen molar-refractivity contribution >= 4 is 12.0 Å². The van der Waals surface area contributed by atoms with E-state index in [0.29, 0.717) is 16.4 Å². The lowest BCUT2D eigenvalue weighted by molar-refractivity contribution is -0.432. The second-order valence-electron chi connectivity index (χ2n) is 2.44. The van der Waals surface area contributed by atoms with Crippen molar-refractivity contribution in [3.8, 4) is 11.5 Å². The Morgan fingerprint density at radius 3 is 2.87 bits per heavy atom. The Balaban J connectivity index is 2.11.